The Kier molecular flexibility index (Phi) is 9.67. The quantitative estimate of drug-likeness (QED) is 0.222. The van der Waals surface area contributed by atoms with Gasteiger partial charge in [-0.05, 0) is 37.7 Å². The average Bonchev–Trinajstić information content (AvgIpc) is 3.50. The Morgan fingerprint density at radius 1 is 1.33 bits per heavy atom. The molecule has 1 aromatic rings. The fourth-order valence-electron chi connectivity index (χ4n) is 3.49. The van der Waals surface area contributed by atoms with Crippen LogP contribution in [0.25, 0.3) is 0 Å². The molecule has 1 fully saturated rings. The van der Waals surface area contributed by atoms with Crippen LogP contribution in [0.1, 0.15) is 44.2 Å². The monoisotopic (exact) mass is 530 g/mol. The standard InChI is InChI=1S/C22H34N4O3.HI/c1-4-28-14-12-22(10-11-22)16-24-21(23-15-20(27)26(2)3)25-18-9-13-29-19-8-6-5-7-17(18)19;/h5-8,18H,4,9-16H2,1-3H3,(H2,23,24,25);1H. The molecule has 8 heteroatoms. The first-order valence-corrected chi connectivity index (χ1v) is 10.6. The maximum absolute atomic E-state index is 12.1. The van der Waals surface area contributed by atoms with Gasteiger partial charge in [0.1, 0.15) is 12.3 Å². The van der Waals surface area contributed by atoms with Crippen LogP contribution in [0.15, 0.2) is 29.3 Å². The number of halogens is 1. The molecule has 2 aliphatic rings. The first-order chi connectivity index (χ1) is 14.0. The Labute approximate surface area is 197 Å². The number of nitrogens with zero attached hydrogens (tertiary/aromatic N) is 2. The van der Waals surface area contributed by atoms with Gasteiger partial charge in [0.2, 0.25) is 5.91 Å². The van der Waals surface area contributed by atoms with Crippen LogP contribution in [0.4, 0.5) is 0 Å². The van der Waals surface area contributed by atoms with E-state index in [-0.39, 0.29) is 47.9 Å². The molecule has 168 valence electrons. The van der Waals surface area contributed by atoms with Crippen molar-refractivity contribution in [1.82, 2.24) is 15.5 Å². The lowest BCUT2D eigenvalue weighted by molar-refractivity contribution is -0.127. The van der Waals surface area contributed by atoms with Crippen LogP contribution in [-0.4, -0.2) is 63.8 Å². The van der Waals surface area contributed by atoms with Gasteiger partial charge >= 0.3 is 0 Å². The molecule has 1 aliphatic heterocycles. The molecule has 0 saturated heterocycles. The lowest BCUT2D eigenvalue weighted by Crippen LogP contribution is -2.44. The van der Waals surface area contributed by atoms with E-state index >= 15 is 0 Å². The van der Waals surface area contributed by atoms with Gasteiger partial charge in [0.05, 0.1) is 12.6 Å². The number of ether oxygens (including phenoxy) is 2. The number of fused-ring (bicyclic) bond motifs is 1. The number of para-hydroxylation sites is 1. The van der Waals surface area contributed by atoms with Crippen LogP contribution in [-0.2, 0) is 9.53 Å². The zero-order valence-corrected chi connectivity index (χ0v) is 20.6. The molecule has 1 atom stereocenters. The van der Waals surface area contributed by atoms with Gasteiger partial charge in [0, 0.05) is 45.8 Å². The number of carbonyl (C=O) groups is 1. The number of amides is 1. The molecule has 1 aromatic carbocycles. The van der Waals surface area contributed by atoms with Gasteiger partial charge in [-0.1, -0.05) is 18.2 Å². The summed E-state index contributed by atoms with van der Waals surface area (Å²) in [5, 5.41) is 7.02. The maximum atomic E-state index is 12.1. The predicted molar refractivity (Wildman–Crippen MR) is 130 cm³/mol. The normalized spacial score (nSPS) is 19.0. The van der Waals surface area contributed by atoms with Crippen LogP contribution in [0.5, 0.6) is 5.75 Å². The molecule has 0 bridgehead atoms. The molecule has 1 amide bonds. The van der Waals surface area contributed by atoms with Crippen molar-refractivity contribution in [2.45, 2.75) is 38.6 Å². The van der Waals surface area contributed by atoms with Gasteiger partial charge in [0.15, 0.2) is 5.96 Å². The molecule has 1 aliphatic carbocycles. The van der Waals surface area contributed by atoms with E-state index in [1.807, 2.05) is 25.1 Å². The molecule has 30 heavy (non-hydrogen) atoms. The molecule has 0 radical (unpaired) electrons. The minimum atomic E-state index is -0.0176. The van der Waals surface area contributed by atoms with Crippen LogP contribution in [0.3, 0.4) is 0 Å². The highest BCUT2D eigenvalue weighted by atomic mass is 127. The van der Waals surface area contributed by atoms with Crippen LogP contribution >= 0.6 is 24.0 Å². The van der Waals surface area contributed by atoms with E-state index in [2.05, 4.69) is 21.7 Å². The lowest BCUT2D eigenvalue weighted by atomic mass is 10.0. The number of hydrogen-bond donors (Lipinski definition) is 2. The van der Waals surface area contributed by atoms with E-state index in [0.717, 1.165) is 43.9 Å². The van der Waals surface area contributed by atoms with Crippen molar-refractivity contribution < 1.29 is 14.3 Å². The molecule has 1 saturated carbocycles. The average molecular weight is 530 g/mol. The van der Waals surface area contributed by atoms with E-state index in [0.29, 0.717) is 12.6 Å². The van der Waals surface area contributed by atoms with E-state index in [1.54, 1.807) is 19.0 Å². The third-order valence-corrected chi connectivity index (χ3v) is 5.71. The second-order valence-electron chi connectivity index (χ2n) is 8.13. The summed E-state index contributed by atoms with van der Waals surface area (Å²) in [7, 11) is 3.50. The minimum absolute atomic E-state index is 0. The van der Waals surface area contributed by atoms with Crippen molar-refractivity contribution in [3.63, 3.8) is 0 Å². The molecule has 0 spiro atoms. The van der Waals surface area contributed by atoms with E-state index in [4.69, 9.17) is 9.47 Å². The molecule has 1 unspecified atom stereocenters. The zero-order valence-electron chi connectivity index (χ0n) is 18.3. The third kappa shape index (κ3) is 7.01. The minimum Gasteiger partial charge on any atom is -0.493 e. The predicted octanol–water partition coefficient (Wildman–Crippen LogP) is 2.96. The molecule has 3 rings (SSSR count). The van der Waals surface area contributed by atoms with E-state index < -0.39 is 0 Å². The zero-order chi connectivity index (χ0) is 20.7. The summed E-state index contributed by atoms with van der Waals surface area (Å²) in [4.78, 5) is 18.2. The van der Waals surface area contributed by atoms with E-state index in [1.165, 1.54) is 12.8 Å². The number of hydrogen-bond acceptors (Lipinski definition) is 4. The van der Waals surface area contributed by atoms with Gasteiger partial charge in [-0.2, -0.15) is 0 Å². The molecular formula is C22H35IN4O3. The van der Waals surface area contributed by atoms with Crippen molar-refractivity contribution in [3.05, 3.63) is 29.8 Å². The summed E-state index contributed by atoms with van der Waals surface area (Å²) in [5.41, 5.74) is 1.42. The van der Waals surface area contributed by atoms with Gasteiger partial charge < -0.3 is 25.0 Å². The first kappa shape index (κ1) is 24.7. The number of rotatable bonds is 9. The summed E-state index contributed by atoms with van der Waals surface area (Å²) >= 11 is 0. The highest BCUT2D eigenvalue weighted by Gasteiger charge is 2.42. The van der Waals surface area contributed by atoms with E-state index in [9.17, 15) is 4.79 Å². The second-order valence-corrected chi connectivity index (χ2v) is 8.13. The van der Waals surface area contributed by atoms with Crippen LogP contribution < -0.4 is 15.4 Å². The Bertz CT molecular complexity index is 722. The molecule has 7 nitrogen and oxygen atoms in total. The molecule has 1 heterocycles. The van der Waals surface area contributed by atoms with Crippen molar-refractivity contribution in [2.24, 2.45) is 10.4 Å². The number of likely N-dealkylation sites (N-methyl/N-ethyl adjacent to an activating group) is 1. The highest BCUT2D eigenvalue weighted by Crippen LogP contribution is 2.48. The SMILES string of the molecule is CCOCCC1(CNC(=NCC(=O)N(C)C)NC2CCOc3ccccc32)CC1.I. The lowest BCUT2D eigenvalue weighted by Gasteiger charge is -2.29. The molecule has 2 N–H and O–H groups in total. The number of aliphatic imine (C=N–C) groups is 1. The molecule has 0 aromatic heterocycles. The Balaban J connectivity index is 0.00000320. The summed E-state index contributed by atoms with van der Waals surface area (Å²) in [6.45, 7) is 5.21. The van der Waals surface area contributed by atoms with Crippen molar-refractivity contribution in [2.75, 3.05) is 47.0 Å². The number of nitrogens with one attached hydrogen (secondary N) is 2. The third-order valence-electron chi connectivity index (χ3n) is 5.71. The number of benzene rings is 1. The van der Waals surface area contributed by atoms with Crippen molar-refractivity contribution >= 4 is 35.8 Å². The van der Waals surface area contributed by atoms with Gasteiger partial charge in [-0.15, -0.1) is 24.0 Å². The number of carbonyl (C=O) groups excluding carboxylic acids is 1. The fourth-order valence-corrected chi connectivity index (χ4v) is 3.49. The van der Waals surface area contributed by atoms with Crippen LogP contribution in [0, 0.1) is 5.41 Å². The maximum Gasteiger partial charge on any atom is 0.243 e. The van der Waals surface area contributed by atoms with Crippen molar-refractivity contribution in [3.8, 4) is 5.75 Å². The van der Waals surface area contributed by atoms with Gasteiger partial charge in [-0.3, -0.25) is 4.79 Å². The van der Waals surface area contributed by atoms with Gasteiger partial charge in [0.25, 0.3) is 0 Å². The smallest absolute Gasteiger partial charge is 0.243 e. The Hall–Kier alpha value is -1.55. The van der Waals surface area contributed by atoms with Crippen LogP contribution in [0.2, 0.25) is 0 Å². The Morgan fingerprint density at radius 3 is 2.80 bits per heavy atom. The summed E-state index contributed by atoms with van der Waals surface area (Å²) in [6, 6.07) is 8.20. The molecular weight excluding hydrogens is 495 g/mol. The summed E-state index contributed by atoms with van der Waals surface area (Å²) in [5.74, 6) is 1.58. The first-order valence-electron chi connectivity index (χ1n) is 10.6. The van der Waals surface area contributed by atoms with Gasteiger partial charge in [-0.25, -0.2) is 4.99 Å². The highest BCUT2D eigenvalue weighted by molar-refractivity contribution is 14.0. The second kappa shape index (κ2) is 11.7. The summed E-state index contributed by atoms with van der Waals surface area (Å²) < 4.78 is 11.3. The van der Waals surface area contributed by atoms with Crippen molar-refractivity contribution in [1.29, 1.82) is 0 Å². The Morgan fingerprint density at radius 2 is 2.10 bits per heavy atom. The largest absolute Gasteiger partial charge is 0.493 e. The number of guanidine groups is 1. The summed E-state index contributed by atoms with van der Waals surface area (Å²) in [6.07, 6.45) is 4.32. The topological polar surface area (TPSA) is 75.2 Å². The fraction of sp³-hybridized carbons (Fsp3) is 0.636.